The molecule has 3 aromatic heterocycles. The van der Waals surface area contributed by atoms with Crippen molar-refractivity contribution in [3.05, 3.63) is 45.4 Å². The summed E-state index contributed by atoms with van der Waals surface area (Å²) in [6.07, 6.45) is 0.532. The van der Waals surface area contributed by atoms with E-state index in [4.69, 9.17) is 4.74 Å². The first-order valence-electron chi connectivity index (χ1n) is 9.17. The zero-order valence-corrected chi connectivity index (χ0v) is 17.4. The number of ether oxygens (including phenoxy) is 1. The standard InChI is InChI=1S/C20H21N5O3S/c1-10-13(19(27)23-18-17(10)11(2)24-25(18)3)6-8-16(26)22-20-21-14-7-5-12(28-4)9-15(14)29-20/h5,7,9H,6,8H2,1-4H3,(H,23,27)(H,21,22,26). The molecule has 4 rings (SSSR count). The third kappa shape index (κ3) is 3.49. The minimum absolute atomic E-state index is 0.183. The molecular weight excluding hydrogens is 390 g/mol. The highest BCUT2D eigenvalue weighted by Gasteiger charge is 2.16. The van der Waals surface area contributed by atoms with Crippen molar-refractivity contribution < 1.29 is 9.53 Å². The number of methoxy groups -OCH3 is 1. The number of carbonyl (C=O) groups is 1. The predicted molar refractivity (Wildman–Crippen MR) is 114 cm³/mol. The Labute approximate surface area is 170 Å². The highest BCUT2D eigenvalue weighted by molar-refractivity contribution is 7.22. The van der Waals surface area contributed by atoms with E-state index >= 15 is 0 Å². The maximum absolute atomic E-state index is 12.5. The number of nitrogens with one attached hydrogen (secondary N) is 2. The van der Waals surface area contributed by atoms with E-state index in [1.54, 1.807) is 18.8 Å². The number of benzene rings is 1. The summed E-state index contributed by atoms with van der Waals surface area (Å²) in [5, 5.41) is 8.66. The van der Waals surface area contributed by atoms with Gasteiger partial charge in [-0.05, 0) is 44.0 Å². The second kappa shape index (κ2) is 7.32. The van der Waals surface area contributed by atoms with Crippen LogP contribution in [-0.2, 0) is 18.3 Å². The summed E-state index contributed by atoms with van der Waals surface area (Å²) in [7, 11) is 3.41. The number of hydrogen-bond acceptors (Lipinski definition) is 6. The lowest BCUT2D eigenvalue weighted by atomic mass is 10.0. The Bertz CT molecular complexity index is 1300. The van der Waals surface area contributed by atoms with E-state index in [0.717, 1.165) is 32.6 Å². The van der Waals surface area contributed by atoms with E-state index in [2.05, 4.69) is 20.4 Å². The molecule has 8 nitrogen and oxygen atoms in total. The van der Waals surface area contributed by atoms with Crippen LogP contribution in [0.5, 0.6) is 5.75 Å². The smallest absolute Gasteiger partial charge is 0.253 e. The van der Waals surface area contributed by atoms with Crippen LogP contribution in [0.3, 0.4) is 0 Å². The van der Waals surface area contributed by atoms with Crippen LogP contribution in [-0.4, -0.2) is 32.8 Å². The maximum atomic E-state index is 12.5. The van der Waals surface area contributed by atoms with E-state index in [0.29, 0.717) is 22.8 Å². The summed E-state index contributed by atoms with van der Waals surface area (Å²) >= 11 is 1.39. The Morgan fingerprint density at radius 1 is 1.34 bits per heavy atom. The molecule has 0 saturated carbocycles. The Morgan fingerprint density at radius 3 is 2.90 bits per heavy atom. The molecule has 150 valence electrons. The number of anilines is 1. The zero-order valence-electron chi connectivity index (χ0n) is 16.6. The first-order chi connectivity index (χ1) is 13.9. The molecule has 0 bridgehead atoms. The summed E-state index contributed by atoms with van der Waals surface area (Å²) in [6, 6.07) is 5.57. The molecule has 1 aromatic carbocycles. The number of hydrogen-bond donors (Lipinski definition) is 2. The van der Waals surface area contributed by atoms with E-state index in [1.807, 2.05) is 32.0 Å². The van der Waals surface area contributed by atoms with Gasteiger partial charge in [-0.15, -0.1) is 0 Å². The summed E-state index contributed by atoms with van der Waals surface area (Å²) in [4.78, 5) is 32.3. The van der Waals surface area contributed by atoms with E-state index in [9.17, 15) is 9.59 Å². The number of nitrogens with zero attached hydrogens (tertiary/aromatic N) is 3. The molecule has 0 spiro atoms. The molecule has 9 heteroatoms. The van der Waals surface area contributed by atoms with Crippen molar-refractivity contribution >= 4 is 43.6 Å². The molecule has 0 atom stereocenters. The highest BCUT2D eigenvalue weighted by Crippen LogP contribution is 2.29. The quantitative estimate of drug-likeness (QED) is 0.525. The SMILES string of the molecule is COc1ccc2nc(NC(=O)CCc3c(C)c4c(C)nn(C)c4[nH]c3=O)sc2c1. The molecule has 0 aliphatic carbocycles. The van der Waals surface area contributed by atoms with Gasteiger partial charge in [-0.3, -0.25) is 14.3 Å². The van der Waals surface area contributed by atoms with Crippen molar-refractivity contribution in [2.75, 3.05) is 12.4 Å². The number of rotatable bonds is 5. The summed E-state index contributed by atoms with van der Waals surface area (Å²) in [6.45, 7) is 3.81. The number of fused-ring (bicyclic) bond motifs is 2. The molecule has 0 unspecified atom stereocenters. The number of thiazole rings is 1. The van der Waals surface area contributed by atoms with Gasteiger partial charge in [0.15, 0.2) is 5.13 Å². The maximum Gasteiger partial charge on any atom is 0.253 e. The molecule has 3 heterocycles. The number of carbonyl (C=O) groups excluding carboxylic acids is 1. The Hall–Kier alpha value is -3.20. The van der Waals surface area contributed by atoms with Crippen molar-refractivity contribution in [2.45, 2.75) is 26.7 Å². The minimum atomic E-state index is -0.183. The number of aryl methyl sites for hydroxylation is 3. The fourth-order valence-electron chi connectivity index (χ4n) is 3.56. The van der Waals surface area contributed by atoms with Crippen LogP contribution < -0.4 is 15.6 Å². The van der Waals surface area contributed by atoms with Crippen LogP contribution in [0.4, 0.5) is 5.13 Å². The van der Waals surface area contributed by atoms with Gasteiger partial charge in [-0.25, -0.2) is 4.98 Å². The van der Waals surface area contributed by atoms with Crippen molar-refractivity contribution in [3.8, 4) is 5.75 Å². The van der Waals surface area contributed by atoms with Crippen LogP contribution in [0.2, 0.25) is 0 Å². The monoisotopic (exact) mass is 411 g/mol. The largest absolute Gasteiger partial charge is 0.497 e. The van der Waals surface area contributed by atoms with Crippen molar-refractivity contribution in [1.29, 1.82) is 0 Å². The third-order valence-corrected chi connectivity index (χ3v) is 5.93. The summed E-state index contributed by atoms with van der Waals surface area (Å²) in [5.74, 6) is 0.563. The number of aromatic amines is 1. The van der Waals surface area contributed by atoms with Gasteiger partial charge in [-0.2, -0.15) is 5.10 Å². The van der Waals surface area contributed by atoms with Gasteiger partial charge in [0.05, 0.1) is 23.0 Å². The van der Waals surface area contributed by atoms with Crippen molar-refractivity contribution in [2.24, 2.45) is 7.05 Å². The van der Waals surface area contributed by atoms with Crippen LogP contribution in [0.1, 0.15) is 23.2 Å². The molecule has 0 saturated heterocycles. The Balaban J connectivity index is 1.51. The van der Waals surface area contributed by atoms with Crippen molar-refractivity contribution in [3.63, 3.8) is 0 Å². The Morgan fingerprint density at radius 2 is 2.14 bits per heavy atom. The topological polar surface area (TPSA) is 102 Å². The van der Waals surface area contributed by atoms with Gasteiger partial charge in [0.25, 0.3) is 5.56 Å². The molecule has 0 aliphatic heterocycles. The lowest BCUT2D eigenvalue weighted by Crippen LogP contribution is -2.19. The molecule has 2 N–H and O–H groups in total. The van der Waals surface area contributed by atoms with Gasteiger partial charge in [-0.1, -0.05) is 11.3 Å². The predicted octanol–water partition coefficient (Wildman–Crippen LogP) is 3.07. The molecule has 1 amide bonds. The average molecular weight is 411 g/mol. The number of pyridine rings is 1. The second-order valence-electron chi connectivity index (χ2n) is 6.89. The van der Waals surface area contributed by atoms with E-state index < -0.39 is 0 Å². The van der Waals surface area contributed by atoms with Gasteiger partial charge in [0.2, 0.25) is 5.91 Å². The van der Waals surface area contributed by atoms with Gasteiger partial charge >= 0.3 is 0 Å². The van der Waals surface area contributed by atoms with Gasteiger partial charge in [0, 0.05) is 24.4 Å². The normalized spacial score (nSPS) is 11.3. The number of H-pyrrole nitrogens is 1. The second-order valence-corrected chi connectivity index (χ2v) is 7.92. The molecule has 0 radical (unpaired) electrons. The number of amides is 1. The van der Waals surface area contributed by atoms with Gasteiger partial charge in [0.1, 0.15) is 11.4 Å². The molecule has 4 aromatic rings. The lowest BCUT2D eigenvalue weighted by molar-refractivity contribution is -0.116. The Kier molecular flexibility index (Phi) is 4.83. The van der Waals surface area contributed by atoms with Crippen LogP contribution in [0.15, 0.2) is 23.0 Å². The first kappa shape index (κ1) is 19.1. The average Bonchev–Trinajstić information content (AvgIpc) is 3.20. The van der Waals surface area contributed by atoms with Crippen LogP contribution in [0, 0.1) is 13.8 Å². The number of aromatic nitrogens is 4. The van der Waals surface area contributed by atoms with E-state index in [-0.39, 0.29) is 17.9 Å². The third-order valence-electron chi connectivity index (χ3n) is 5.00. The van der Waals surface area contributed by atoms with Crippen LogP contribution in [0.25, 0.3) is 21.3 Å². The van der Waals surface area contributed by atoms with Crippen LogP contribution >= 0.6 is 11.3 Å². The molecular formula is C20H21N5O3S. The zero-order chi connectivity index (χ0) is 20.7. The fourth-order valence-corrected chi connectivity index (χ4v) is 4.47. The first-order valence-corrected chi connectivity index (χ1v) is 9.98. The summed E-state index contributed by atoms with van der Waals surface area (Å²) < 4.78 is 7.82. The van der Waals surface area contributed by atoms with Gasteiger partial charge < -0.3 is 15.0 Å². The molecule has 0 fully saturated rings. The minimum Gasteiger partial charge on any atom is -0.497 e. The molecule has 0 aliphatic rings. The molecule has 29 heavy (non-hydrogen) atoms. The van der Waals surface area contributed by atoms with E-state index in [1.165, 1.54) is 11.3 Å². The fraction of sp³-hybridized carbons (Fsp3) is 0.300. The van der Waals surface area contributed by atoms with Crippen molar-refractivity contribution in [1.82, 2.24) is 19.7 Å². The summed E-state index contributed by atoms with van der Waals surface area (Å²) in [5.41, 5.74) is 3.65. The highest BCUT2D eigenvalue weighted by atomic mass is 32.1. The lowest BCUT2D eigenvalue weighted by Gasteiger charge is -2.07.